The molecule has 5 nitrogen and oxygen atoms in total. The normalized spacial score (nSPS) is 35.1. The summed E-state index contributed by atoms with van der Waals surface area (Å²) >= 11 is 0. The number of nitrogens with one attached hydrogen (secondary N) is 2. The van der Waals surface area contributed by atoms with Crippen molar-refractivity contribution < 1.29 is 9.59 Å². The number of hydrogen-bond donors (Lipinski definition) is 2. The summed E-state index contributed by atoms with van der Waals surface area (Å²) in [6.45, 7) is 6.04. The van der Waals surface area contributed by atoms with Gasteiger partial charge in [-0.25, -0.2) is 0 Å². The standard InChI is InChI=1S/C12H21N3O2/c1-3-8-7-15(9(4-2)6-13-8)10-5-11(16)14-12(10)17/h8-10,13H,3-7H2,1-2H3,(H,14,16,17). The predicted octanol–water partition coefficient (Wildman–Crippen LogP) is -0.136. The fraction of sp³-hybridized carbons (Fsp3) is 0.833. The first-order chi connectivity index (χ1) is 8.15. The van der Waals surface area contributed by atoms with Crippen LogP contribution in [-0.4, -0.2) is 47.9 Å². The second kappa shape index (κ2) is 5.14. The maximum Gasteiger partial charge on any atom is 0.244 e. The lowest BCUT2D eigenvalue weighted by Gasteiger charge is -2.42. The molecule has 3 unspecified atom stereocenters. The minimum Gasteiger partial charge on any atom is -0.311 e. The highest BCUT2D eigenvalue weighted by Gasteiger charge is 2.40. The van der Waals surface area contributed by atoms with Crippen molar-refractivity contribution in [1.82, 2.24) is 15.5 Å². The van der Waals surface area contributed by atoms with E-state index < -0.39 is 0 Å². The van der Waals surface area contributed by atoms with Crippen molar-refractivity contribution in [2.75, 3.05) is 13.1 Å². The third kappa shape index (κ3) is 2.50. The van der Waals surface area contributed by atoms with Gasteiger partial charge in [0.15, 0.2) is 0 Å². The molecule has 96 valence electrons. The molecule has 2 fully saturated rings. The highest BCUT2D eigenvalue weighted by Crippen LogP contribution is 2.20. The summed E-state index contributed by atoms with van der Waals surface area (Å²) in [4.78, 5) is 25.2. The van der Waals surface area contributed by atoms with Gasteiger partial charge in [-0.3, -0.25) is 19.8 Å². The SMILES string of the molecule is CCC1CN(C2CC(=O)NC2=O)C(CC)CN1. The fourth-order valence-electron chi connectivity index (χ4n) is 2.73. The van der Waals surface area contributed by atoms with Crippen LogP contribution in [0.1, 0.15) is 33.1 Å². The molecule has 3 atom stereocenters. The molecule has 0 aromatic carbocycles. The molecule has 0 saturated carbocycles. The van der Waals surface area contributed by atoms with Crippen LogP contribution in [0.15, 0.2) is 0 Å². The highest BCUT2D eigenvalue weighted by atomic mass is 16.2. The number of rotatable bonds is 3. The number of carbonyl (C=O) groups excluding carboxylic acids is 2. The van der Waals surface area contributed by atoms with E-state index in [1.54, 1.807) is 0 Å². The van der Waals surface area contributed by atoms with Gasteiger partial charge in [0.1, 0.15) is 0 Å². The van der Waals surface area contributed by atoms with Crippen LogP contribution in [0.3, 0.4) is 0 Å². The Morgan fingerprint density at radius 3 is 2.59 bits per heavy atom. The zero-order valence-corrected chi connectivity index (χ0v) is 10.5. The molecule has 2 rings (SSSR count). The van der Waals surface area contributed by atoms with Crippen LogP contribution in [0.5, 0.6) is 0 Å². The Morgan fingerprint density at radius 1 is 1.29 bits per heavy atom. The van der Waals surface area contributed by atoms with Crippen molar-refractivity contribution in [2.24, 2.45) is 0 Å². The maximum absolute atomic E-state index is 11.7. The van der Waals surface area contributed by atoms with Gasteiger partial charge in [0, 0.05) is 25.2 Å². The lowest BCUT2D eigenvalue weighted by Crippen LogP contribution is -2.60. The Kier molecular flexibility index (Phi) is 3.79. The second-order valence-electron chi connectivity index (χ2n) is 4.90. The van der Waals surface area contributed by atoms with E-state index in [1.165, 1.54) is 0 Å². The molecule has 0 aliphatic carbocycles. The van der Waals surface area contributed by atoms with E-state index in [0.29, 0.717) is 18.5 Å². The average Bonchev–Trinajstić information content (AvgIpc) is 2.67. The molecule has 0 aromatic heterocycles. The molecule has 2 N–H and O–H groups in total. The van der Waals surface area contributed by atoms with Crippen LogP contribution in [-0.2, 0) is 9.59 Å². The molecule has 0 radical (unpaired) electrons. The Morgan fingerprint density at radius 2 is 2.06 bits per heavy atom. The number of amides is 2. The predicted molar refractivity (Wildman–Crippen MR) is 64.4 cm³/mol. The molecule has 0 aromatic rings. The largest absolute Gasteiger partial charge is 0.311 e. The molecule has 2 saturated heterocycles. The Hall–Kier alpha value is -0.940. The number of nitrogens with zero attached hydrogens (tertiary/aromatic N) is 1. The first-order valence-electron chi connectivity index (χ1n) is 6.48. The van der Waals surface area contributed by atoms with Crippen LogP contribution in [0, 0.1) is 0 Å². The van der Waals surface area contributed by atoms with Gasteiger partial charge in [0.2, 0.25) is 11.8 Å². The molecule has 0 bridgehead atoms. The van der Waals surface area contributed by atoms with Crippen LogP contribution in [0.4, 0.5) is 0 Å². The van der Waals surface area contributed by atoms with Gasteiger partial charge in [-0.1, -0.05) is 13.8 Å². The van der Waals surface area contributed by atoms with Gasteiger partial charge in [0.25, 0.3) is 0 Å². The van der Waals surface area contributed by atoms with Gasteiger partial charge in [-0.2, -0.15) is 0 Å². The van der Waals surface area contributed by atoms with E-state index in [1.807, 2.05) is 0 Å². The van der Waals surface area contributed by atoms with E-state index >= 15 is 0 Å². The van der Waals surface area contributed by atoms with Gasteiger partial charge < -0.3 is 5.32 Å². The van der Waals surface area contributed by atoms with Crippen LogP contribution < -0.4 is 10.6 Å². The van der Waals surface area contributed by atoms with Crippen LogP contribution in [0.25, 0.3) is 0 Å². The molecule has 5 heteroatoms. The molecular weight excluding hydrogens is 218 g/mol. The van der Waals surface area contributed by atoms with E-state index in [9.17, 15) is 9.59 Å². The molecule has 2 aliphatic rings. The summed E-state index contributed by atoms with van der Waals surface area (Å²) < 4.78 is 0. The van der Waals surface area contributed by atoms with E-state index in [-0.39, 0.29) is 17.9 Å². The number of carbonyl (C=O) groups is 2. The van der Waals surface area contributed by atoms with Gasteiger partial charge in [0.05, 0.1) is 12.5 Å². The smallest absolute Gasteiger partial charge is 0.244 e. The monoisotopic (exact) mass is 239 g/mol. The third-order valence-corrected chi connectivity index (χ3v) is 3.85. The zero-order valence-electron chi connectivity index (χ0n) is 10.5. The second-order valence-corrected chi connectivity index (χ2v) is 4.90. The van der Waals surface area contributed by atoms with E-state index in [0.717, 1.165) is 25.9 Å². The van der Waals surface area contributed by atoms with Crippen molar-refractivity contribution in [2.45, 2.75) is 51.2 Å². The summed E-state index contributed by atoms with van der Waals surface area (Å²) in [5.74, 6) is -0.258. The summed E-state index contributed by atoms with van der Waals surface area (Å²) in [7, 11) is 0. The quantitative estimate of drug-likeness (QED) is 0.673. The van der Waals surface area contributed by atoms with Crippen LogP contribution >= 0.6 is 0 Å². The minimum atomic E-state index is -0.247. The lowest BCUT2D eigenvalue weighted by atomic mass is 10.0. The average molecular weight is 239 g/mol. The number of piperazine rings is 1. The Bertz CT molecular complexity index is 319. The third-order valence-electron chi connectivity index (χ3n) is 3.85. The zero-order chi connectivity index (χ0) is 12.4. The number of hydrogen-bond acceptors (Lipinski definition) is 4. The molecule has 0 spiro atoms. The maximum atomic E-state index is 11.7. The molecule has 2 amide bonds. The van der Waals surface area contributed by atoms with Gasteiger partial charge >= 0.3 is 0 Å². The van der Waals surface area contributed by atoms with Crippen molar-refractivity contribution in [3.63, 3.8) is 0 Å². The van der Waals surface area contributed by atoms with E-state index in [2.05, 4.69) is 29.4 Å². The Balaban J connectivity index is 2.09. The van der Waals surface area contributed by atoms with Crippen molar-refractivity contribution in [1.29, 1.82) is 0 Å². The Labute approximate surface area is 102 Å². The topological polar surface area (TPSA) is 61.4 Å². The van der Waals surface area contributed by atoms with Crippen molar-refractivity contribution in [3.05, 3.63) is 0 Å². The van der Waals surface area contributed by atoms with Crippen molar-refractivity contribution >= 4 is 11.8 Å². The first kappa shape index (κ1) is 12.5. The fourth-order valence-corrected chi connectivity index (χ4v) is 2.73. The van der Waals surface area contributed by atoms with Crippen LogP contribution in [0.2, 0.25) is 0 Å². The molecule has 2 heterocycles. The summed E-state index contributed by atoms with van der Waals surface area (Å²) in [6.07, 6.45) is 2.38. The minimum absolute atomic E-state index is 0.120. The van der Waals surface area contributed by atoms with Crippen molar-refractivity contribution in [3.8, 4) is 0 Å². The van der Waals surface area contributed by atoms with Gasteiger partial charge in [-0.15, -0.1) is 0 Å². The summed E-state index contributed by atoms with van der Waals surface area (Å²) in [5.41, 5.74) is 0. The summed E-state index contributed by atoms with van der Waals surface area (Å²) in [6, 6.07) is 0.546. The lowest BCUT2D eigenvalue weighted by molar-refractivity contribution is -0.127. The highest BCUT2D eigenvalue weighted by molar-refractivity contribution is 6.05. The first-order valence-corrected chi connectivity index (χ1v) is 6.48. The molecular formula is C12H21N3O2. The van der Waals surface area contributed by atoms with E-state index in [4.69, 9.17) is 0 Å². The summed E-state index contributed by atoms with van der Waals surface area (Å²) in [5, 5.41) is 5.89. The molecule has 17 heavy (non-hydrogen) atoms. The number of imide groups is 1. The van der Waals surface area contributed by atoms with Gasteiger partial charge in [-0.05, 0) is 12.8 Å². The molecule has 2 aliphatic heterocycles.